The van der Waals surface area contributed by atoms with Gasteiger partial charge in [0.1, 0.15) is 12.7 Å². The molecule has 7 heteroatoms. The Bertz CT molecular complexity index is 941. The number of carbonyl (C=O) groups is 1. The number of hydrogen-bond donors (Lipinski definition) is 2. The summed E-state index contributed by atoms with van der Waals surface area (Å²) in [5, 5.41) is 7.06. The van der Waals surface area contributed by atoms with Gasteiger partial charge in [0.2, 0.25) is 5.91 Å². The molecule has 4 rings (SSSR count). The van der Waals surface area contributed by atoms with Crippen LogP contribution in [0.15, 0.2) is 42.5 Å². The second-order valence-corrected chi connectivity index (χ2v) is 7.31. The third-order valence-corrected chi connectivity index (χ3v) is 4.98. The lowest BCUT2D eigenvalue weighted by molar-refractivity contribution is -0.119. The normalized spacial score (nSPS) is 15.7. The summed E-state index contributed by atoms with van der Waals surface area (Å²) in [6, 6.07) is 13.4. The van der Waals surface area contributed by atoms with Crippen LogP contribution >= 0.6 is 11.3 Å². The van der Waals surface area contributed by atoms with Gasteiger partial charge in [0.25, 0.3) is 0 Å². The molecule has 1 unspecified atom stereocenters. The molecule has 1 atom stereocenters. The fourth-order valence-corrected chi connectivity index (χ4v) is 3.65. The molecule has 26 heavy (non-hydrogen) atoms. The highest BCUT2D eigenvalue weighted by Gasteiger charge is 2.20. The topological polar surface area (TPSA) is 72.5 Å². The van der Waals surface area contributed by atoms with E-state index in [0.717, 1.165) is 26.7 Å². The molecule has 6 nitrogen and oxygen atoms in total. The molecule has 1 amide bonds. The van der Waals surface area contributed by atoms with Gasteiger partial charge in [-0.15, -0.1) is 11.3 Å². The number of aromatic nitrogens is 1. The van der Waals surface area contributed by atoms with Crippen LogP contribution in [0.5, 0.6) is 11.5 Å². The van der Waals surface area contributed by atoms with E-state index in [-0.39, 0.29) is 18.6 Å². The molecule has 0 bridgehead atoms. The van der Waals surface area contributed by atoms with Gasteiger partial charge in [-0.1, -0.05) is 12.1 Å². The molecule has 0 saturated heterocycles. The summed E-state index contributed by atoms with van der Waals surface area (Å²) in [7, 11) is 0. The first-order valence-electron chi connectivity index (χ1n) is 8.43. The number of benzene rings is 2. The maximum Gasteiger partial charge on any atom is 0.239 e. The van der Waals surface area contributed by atoms with Crippen molar-refractivity contribution in [2.45, 2.75) is 13.0 Å². The third-order valence-electron chi connectivity index (χ3n) is 4.04. The van der Waals surface area contributed by atoms with Gasteiger partial charge in [-0.05, 0) is 37.3 Å². The maximum absolute atomic E-state index is 12.1. The molecule has 2 N–H and O–H groups in total. The summed E-state index contributed by atoms with van der Waals surface area (Å²) in [6.45, 7) is 3.02. The largest absolute Gasteiger partial charge is 0.486 e. The van der Waals surface area contributed by atoms with Gasteiger partial charge in [-0.2, -0.15) is 0 Å². The standard InChI is InChI=1S/C19H19N3O3S/c1-12-22-15-7-6-13(8-18(15)26-12)20-10-19(23)21-9-14-11-24-16-4-2-3-5-17(16)25-14/h2-8,14,20H,9-11H2,1H3,(H,21,23). The number of ether oxygens (including phenoxy) is 2. The summed E-state index contributed by atoms with van der Waals surface area (Å²) in [6.07, 6.45) is -0.189. The Morgan fingerprint density at radius 1 is 1.27 bits per heavy atom. The van der Waals surface area contributed by atoms with Gasteiger partial charge < -0.3 is 20.1 Å². The maximum atomic E-state index is 12.1. The Kier molecular flexibility index (Phi) is 4.62. The van der Waals surface area contributed by atoms with Crippen LogP contribution in [0.4, 0.5) is 5.69 Å². The van der Waals surface area contributed by atoms with E-state index in [1.165, 1.54) is 0 Å². The van der Waals surface area contributed by atoms with Crippen LogP contribution < -0.4 is 20.1 Å². The lowest BCUT2D eigenvalue weighted by Crippen LogP contribution is -2.42. The average molecular weight is 369 g/mol. The smallest absolute Gasteiger partial charge is 0.239 e. The molecule has 0 radical (unpaired) electrons. The molecular weight excluding hydrogens is 350 g/mol. The van der Waals surface area contributed by atoms with Crippen LogP contribution in [-0.4, -0.2) is 36.7 Å². The number of rotatable bonds is 5. The number of thiazole rings is 1. The van der Waals surface area contributed by atoms with E-state index in [9.17, 15) is 4.79 Å². The summed E-state index contributed by atoms with van der Waals surface area (Å²) in [5.41, 5.74) is 1.89. The Morgan fingerprint density at radius 3 is 3.00 bits per heavy atom. The van der Waals surface area contributed by atoms with Crippen LogP contribution in [0.2, 0.25) is 0 Å². The van der Waals surface area contributed by atoms with Gasteiger partial charge in [0, 0.05) is 5.69 Å². The molecule has 134 valence electrons. The highest BCUT2D eigenvalue weighted by Crippen LogP contribution is 2.30. The predicted molar refractivity (Wildman–Crippen MR) is 102 cm³/mol. The molecular formula is C19H19N3O3S. The number of nitrogens with zero attached hydrogens (tertiary/aromatic N) is 1. The second-order valence-electron chi connectivity index (χ2n) is 6.07. The number of hydrogen-bond acceptors (Lipinski definition) is 6. The number of anilines is 1. The first-order valence-corrected chi connectivity index (χ1v) is 9.25. The van der Waals surface area contributed by atoms with Crippen molar-refractivity contribution in [3.8, 4) is 11.5 Å². The van der Waals surface area contributed by atoms with Crippen molar-refractivity contribution < 1.29 is 14.3 Å². The predicted octanol–water partition coefficient (Wildman–Crippen LogP) is 2.97. The molecule has 0 spiro atoms. The minimum absolute atomic E-state index is 0.0898. The van der Waals surface area contributed by atoms with E-state index in [2.05, 4.69) is 15.6 Å². The molecule has 2 heterocycles. The Labute approximate surface area is 155 Å². The van der Waals surface area contributed by atoms with Gasteiger partial charge in [0.15, 0.2) is 11.5 Å². The summed E-state index contributed by atoms with van der Waals surface area (Å²) in [4.78, 5) is 16.5. The number of amides is 1. The van der Waals surface area contributed by atoms with Gasteiger partial charge >= 0.3 is 0 Å². The lowest BCUT2D eigenvalue weighted by atomic mass is 10.2. The van der Waals surface area contributed by atoms with Crippen molar-refractivity contribution in [2.75, 3.05) is 25.0 Å². The SMILES string of the molecule is Cc1nc2ccc(NCC(=O)NCC3COc4ccccc4O3)cc2s1. The lowest BCUT2D eigenvalue weighted by Gasteiger charge is -2.26. The summed E-state index contributed by atoms with van der Waals surface area (Å²) >= 11 is 1.64. The molecule has 0 fully saturated rings. The van der Waals surface area contributed by atoms with Crippen LogP contribution in [-0.2, 0) is 4.79 Å². The number of nitrogens with one attached hydrogen (secondary N) is 2. The molecule has 2 aromatic carbocycles. The van der Waals surface area contributed by atoms with Gasteiger partial charge in [-0.3, -0.25) is 4.79 Å². The monoisotopic (exact) mass is 369 g/mol. The Hall–Kier alpha value is -2.80. The van der Waals surface area contributed by atoms with Crippen molar-refractivity contribution in [2.24, 2.45) is 0 Å². The molecule has 1 aliphatic heterocycles. The molecule has 1 aliphatic rings. The van der Waals surface area contributed by atoms with Gasteiger partial charge in [0.05, 0.1) is 28.3 Å². The van der Waals surface area contributed by atoms with Gasteiger partial charge in [-0.25, -0.2) is 4.98 Å². The second kappa shape index (κ2) is 7.21. The quantitative estimate of drug-likeness (QED) is 0.723. The fourth-order valence-electron chi connectivity index (χ4n) is 2.79. The molecule has 1 aromatic heterocycles. The van der Waals surface area contributed by atoms with Crippen molar-refractivity contribution in [1.29, 1.82) is 0 Å². The van der Waals surface area contributed by atoms with E-state index in [1.54, 1.807) is 11.3 Å². The zero-order chi connectivity index (χ0) is 17.9. The van der Waals surface area contributed by atoms with Crippen molar-refractivity contribution in [3.63, 3.8) is 0 Å². The number of aryl methyl sites for hydroxylation is 1. The minimum Gasteiger partial charge on any atom is -0.486 e. The molecule has 0 saturated carbocycles. The molecule has 3 aromatic rings. The summed E-state index contributed by atoms with van der Waals surface area (Å²) in [5.74, 6) is 1.36. The van der Waals surface area contributed by atoms with Crippen LogP contribution in [0, 0.1) is 6.92 Å². The zero-order valence-corrected chi connectivity index (χ0v) is 15.1. The Morgan fingerprint density at radius 2 is 2.12 bits per heavy atom. The van der Waals surface area contributed by atoms with E-state index in [4.69, 9.17) is 9.47 Å². The summed E-state index contributed by atoms with van der Waals surface area (Å²) < 4.78 is 12.6. The molecule has 0 aliphatic carbocycles. The highest BCUT2D eigenvalue weighted by molar-refractivity contribution is 7.18. The third kappa shape index (κ3) is 3.72. The van der Waals surface area contributed by atoms with E-state index in [1.807, 2.05) is 49.4 Å². The van der Waals surface area contributed by atoms with Crippen LogP contribution in [0.1, 0.15) is 5.01 Å². The minimum atomic E-state index is -0.189. The number of para-hydroxylation sites is 2. The van der Waals surface area contributed by atoms with Crippen LogP contribution in [0.25, 0.3) is 10.2 Å². The highest BCUT2D eigenvalue weighted by atomic mass is 32.1. The van der Waals surface area contributed by atoms with Crippen molar-refractivity contribution >= 4 is 33.1 Å². The van der Waals surface area contributed by atoms with Crippen molar-refractivity contribution in [3.05, 3.63) is 47.5 Å². The fraction of sp³-hybridized carbons (Fsp3) is 0.263. The van der Waals surface area contributed by atoms with E-state index < -0.39 is 0 Å². The van der Waals surface area contributed by atoms with Crippen LogP contribution in [0.3, 0.4) is 0 Å². The first-order chi connectivity index (χ1) is 12.7. The number of fused-ring (bicyclic) bond motifs is 2. The van der Waals surface area contributed by atoms with E-state index in [0.29, 0.717) is 18.9 Å². The van der Waals surface area contributed by atoms with E-state index >= 15 is 0 Å². The first kappa shape index (κ1) is 16.7. The zero-order valence-electron chi connectivity index (χ0n) is 14.3. The average Bonchev–Trinajstić information content (AvgIpc) is 3.03. The number of carbonyl (C=O) groups excluding carboxylic acids is 1. The van der Waals surface area contributed by atoms with Crippen molar-refractivity contribution in [1.82, 2.24) is 10.3 Å². The Balaban J connectivity index is 1.26.